The predicted octanol–water partition coefficient (Wildman–Crippen LogP) is 2.73. The standard InChI is InChI=1S/C21H28N4O3/c1-15(17-8-4-7-13-22-17)25(16-9-10-16)18(26)14-24-19(27)21(23(2)20(24)28)11-5-3-6-12-21/h4,7-8,13,15-16H,3,5-6,9-12,14H2,1-2H3. The lowest BCUT2D eigenvalue weighted by Gasteiger charge is -2.36. The van der Waals surface area contributed by atoms with Gasteiger partial charge in [-0.05, 0) is 44.7 Å². The minimum Gasteiger partial charge on any atom is -0.330 e. The molecule has 1 atom stereocenters. The maximum absolute atomic E-state index is 13.2. The van der Waals surface area contributed by atoms with Crippen LogP contribution in [0.2, 0.25) is 0 Å². The molecule has 4 amide bonds. The van der Waals surface area contributed by atoms with Crippen molar-refractivity contribution in [2.45, 2.75) is 69.5 Å². The van der Waals surface area contributed by atoms with Crippen LogP contribution in [0.15, 0.2) is 24.4 Å². The highest BCUT2D eigenvalue weighted by Gasteiger charge is 2.56. The van der Waals surface area contributed by atoms with Gasteiger partial charge in [-0.25, -0.2) is 4.79 Å². The number of hydrogen-bond acceptors (Lipinski definition) is 4. The van der Waals surface area contributed by atoms with Crippen LogP contribution in [0, 0.1) is 0 Å². The van der Waals surface area contributed by atoms with Crippen molar-refractivity contribution in [1.82, 2.24) is 19.7 Å². The molecule has 2 aliphatic carbocycles. The number of likely N-dealkylation sites (N-methyl/N-ethyl adjacent to an activating group) is 1. The number of imide groups is 1. The summed E-state index contributed by atoms with van der Waals surface area (Å²) in [7, 11) is 1.70. The molecular formula is C21H28N4O3. The average Bonchev–Trinajstić information content (AvgIpc) is 3.54. The molecule has 4 rings (SSSR count). The Labute approximate surface area is 165 Å². The predicted molar refractivity (Wildman–Crippen MR) is 103 cm³/mol. The molecule has 1 aliphatic heterocycles. The van der Waals surface area contributed by atoms with E-state index in [1.54, 1.807) is 18.1 Å². The third kappa shape index (κ3) is 3.06. The Morgan fingerprint density at radius 3 is 2.57 bits per heavy atom. The normalized spacial score (nSPS) is 22.6. The van der Waals surface area contributed by atoms with Crippen LogP contribution in [-0.2, 0) is 9.59 Å². The molecule has 7 heteroatoms. The van der Waals surface area contributed by atoms with Crippen molar-refractivity contribution in [3.8, 4) is 0 Å². The highest BCUT2D eigenvalue weighted by Crippen LogP contribution is 2.40. The van der Waals surface area contributed by atoms with Crippen LogP contribution < -0.4 is 0 Å². The molecule has 1 saturated heterocycles. The van der Waals surface area contributed by atoms with E-state index in [1.165, 1.54) is 4.90 Å². The highest BCUT2D eigenvalue weighted by atomic mass is 16.2. The fourth-order valence-corrected chi connectivity index (χ4v) is 4.74. The molecule has 1 spiro atoms. The Kier molecular flexibility index (Phi) is 4.85. The zero-order valence-corrected chi connectivity index (χ0v) is 16.6. The van der Waals surface area contributed by atoms with Gasteiger partial charge in [-0.2, -0.15) is 0 Å². The van der Waals surface area contributed by atoms with Gasteiger partial charge in [0, 0.05) is 19.3 Å². The lowest BCUT2D eigenvalue weighted by Crippen LogP contribution is -2.50. The zero-order chi connectivity index (χ0) is 19.9. The Morgan fingerprint density at radius 2 is 1.96 bits per heavy atom. The monoisotopic (exact) mass is 384 g/mol. The summed E-state index contributed by atoms with van der Waals surface area (Å²) in [5, 5.41) is 0. The van der Waals surface area contributed by atoms with Crippen molar-refractivity contribution in [1.29, 1.82) is 0 Å². The minimum atomic E-state index is -0.743. The maximum Gasteiger partial charge on any atom is 0.327 e. The lowest BCUT2D eigenvalue weighted by atomic mass is 9.81. The summed E-state index contributed by atoms with van der Waals surface area (Å²) in [6, 6.07) is 5.30. The highest BCUT2D eigenvalue weighted by molar-refractivity contribution is 6.09. The lowest BCUT2D eigenvalue weighted by molar-refractivity contribution is -0.142. The van der Waals surface area contributed by atoms with Crippen LogP contribution in [0.5, 0.6) is 0 Å². The summed E-state index contributed by atoms with van der Waals surface area (Å²) in [4.78, 5) is 48.1. The van der Waals surface area contributed by atoms with E-state index in [1.807, 2.05) is 30.0 Å². The topological polar surface area (TPSA) is 73.8 Å². The maximum atomic E-state index is 13.2. The second kappa shape index (κ2) is 7.18. The van der Waals surface area contributed by atoms with E-state index in [0.717, 1.165) is 37.8 Å². The number of carbonyl (C=O) groups excluding carboxylic acids is 3. The van der Waals surface area contributed by atoms with Crippen molar-refractivity contribution in [3.63, 3.8) is 0 Å². The van der Waals surface area contributed by atoms with Gasteiger partial charge < -0.3 is 9.80 Å². The van der Waals surface area contributed by atoms with Gasteiger partial charge in [-0.15, -0.1) is 0 Å². The number of urea groups is 1. The molecule has 28 heavy (non-hydrogen) atoms. The molecule has 0 bridgehead atoms. The summed E-state index contributed by atoms with van der Waals surface area (Å²) in [5.41, 5.74) is 0.0785. The van der Waals surface area contributed by atoms with Gasteiger partial charge in [0.25, 0.3) is 5.91 Å². The minimum absolute atomic E-state index is 0.165. The summed E-state index contributed by atoms with van der Waals surface area (Å²) in [6.45, 7) is 1.78. The number of nitrogens with zero attached hydrogens (tertiary/aromatic N) is 4. The number of aromatic nitrogens is 1. The van der Waals surface area contributed by atoms with E-state index in [0.29, 0.717) is 12.8 Å². The van der Waals surface area contributed by atoms with Gasteiger partial charge in [-0.3, -0.25) is 19.5 Å². The van der Waals surface area contributed by atoms with Crippen LogP contribution in [-0.4, -0.2) is 62.7 Å². The van der Waals surface area contributed by atoms with Crippen molar-refractivity contribution in [2.24, 2.45) is 0 Å². The Morgan fingerprint density at radius 1 is 1.25 bits per heavy atom. The SMILES string of the molecule is CC(c1ccccn1)N(C(=O)CN1C(=O)N(C)C2(CCCCC2)C1=O)C1CC1. The summed E-state index contributed by atoms with van der Waals surface area (Å²) in [6.07, 6.45) is 7.98. The van der Waals surface area contributed by atoms with Gasteiger partial charge in [0.2, 0.25) is 5.91 Å². The Balaban J connectivity index is 1.53. The second-order valence-electron chi connectivity index (χ2n) is 8.29. The molecule has 3 fully saturated rings. The van der Waals surface area contributed by atoms with Gasteiger partial charge in [0.1, 0.15) is 12.1 Å². The van der Waals surface area contributed by atoms with E-state index < -0.39 is 5.54 Å². The summed E-state index contributed by atoms with van der Waals surface area (Å²) >= 11 is 0. The van der Waals surface area contributed by atoms with E-state index in [9.17, 15) is 14.4 Å². The molecule has 1 aromatic rings. The van der Waals surface area contributed by atoms with Crippen molar-refractivity contribution in [2.75, 3.05) is 13.6 Å². The van der Waals surface area contributed by atoms with Crippen LogP contribution in [0.25, 0.3) is 0 Å². The summed E-state index contributed by atoms with van der Waals surface area (Å²) < 4.78 is 0. The Hall–Kier alpha value is -2.44. The van der Waals surface area contributed by atoms with Crippen LogP contribution in [0.4, 0.5) is 4.79 Å². The van der Waals surface area contributed by atoms with Gasteiger partial charge in [0.15, 0.2) is 0 Å². The molecule has 0 radical (unpaired) electrons. The quantitative estimate of drug-likeness (QED) is 0.732. The van der Waals surface area contributed by atoms with Gasteiger partial charge >= 0.3 is 6.03 Å². The fraction of sp³-hybridized carbons (Fsp3) is 0.619. The summed E-state index contributed by atoms with van der Waals surface area (Å²) in [5.74, 6) is -0.377. The second-order valence-corrected chi connectivity index (χ2v) is 8.29. The first-order valence-electron chi connectivity index (χ1n) is 10.3. The molecule has 2 heterocycles. The number of carbonyl (C=O) groups is 3. The van der Waals surface area contributed by atoms with Gasteiger partial charge in [-0.1, -0.05) is 25.3 Å². The van der Waals surface area contributed by atoms with E-state index in [2.05, 4.69) is 4.98 Å². The van der Waals surface area contributed by atoms with E-state index in [4.69, 9.17) is 0 Å². The molecule has 1 aromatic heterocycles. The third-order valence-corrected chi connectivity index (χ3v) is 6.54. The van der Waals surface area contributed by atoms with Crippen LogP contribution in [0.3, 0.4) is 0 Å². The number of rotatable bonds is 5. The molecule has 0 aromatic carbocycles. The van der Waals surface area contributed by atoms with Crippen LogP contribution >= 0.6 is 0 Å². The zero-order valence-electron chi connectivity index (χ0n) is 16.6. The molecule has 1 unspecified atom stereocenters. The van der Waals surface area contributed by atoms with Crippen LogP contribution in [0.1, 0.15) is 63.6 Å². The Bertz CT molecular complexity index is 771. The third-order valence-electron chi connectivity index (χ3n) is 6.54. The first kappa shape index (κ1) is 18.9. The molecule has 7 nitrogen and oxygen atoms in total. The molecule has 2 saturated carbocycles. The largest absolute Gasteiger partial charge is 0.330 e. The van der Waals surface area contributed by atoms with E-state index >= 15 is 0 Å². The molecule has 0 N–H and O–H groups in total. The van der Waals surface area contributed by atoms with Crippen molar-refractivity contribution in [3.05, 3.63) is 30.1 Å². The molecular weight excluding hydrogens is 356 g/mol. The molecule has 3 aliphatic rings. The van der Waals surface area contributed by atoms with Gasteiger partial charge in [0.05, 0.1) is 11.7 Å². The number of hydrogen-bond donors (Lipinski definition) is 0. The number of pyridine rings is 1. The van der Waals surface area contributed by atoms with Crippen molar-refractivity contribution < 1.29 is 14.4 Å². The fourth-order valence-electron chi connectivity index (χ4n) is 4.74. The first-order valence-corrected chi connectivity index (χ1v) is 10.3. The van der Waals surface area contributed by atoms with Crippen molar-refractivity contribution >= 4 is 17.8 Å². The smallest absolute Gasteiger partial charge is 0.327 e. The average molecular weight is 384 g/mol. The first-order chi connectivity index (χ1) is 13.5. The van der Waals surface area contributed by atoms with E-state index in [-0.39, 0.29) is 36.5 Å². The molecule has 150 valence electrons. The number of amides is 4.